The van der Waals surface area contributed by atoms with Crippen LogP contribution in [0, 0.1) is 5.92 Å². The quantitative estimate of drug-likeness (QED) is 0.911. The third-order valence-corrected chi connectivity index (χ3v) is 4.81. The van der Waals surface area contributed by atoms with Gasteiger partial charge in [-0.3, -0.25) is 4.98 Å². The van der Waals surface area contributed by atoms with E-state index in [-0.39, 0.29) is 18.2 Å². The predicted molar refractivity (Wildman–Crippen MR) is 74.6 cm³/mol. The molecule has 1 aliphatic rings. The fourth-order valence-corrected chi connectivity index (χ4v) is 4.05. The Labute approximate surface area is 115 Å². The molecule has 1 saturated heterocycles. The molecule has 102 valence electrons. The van der Waals surface area contributed by atoms with Gasteiger partial charge in [-0.25, -0.2) is 8.42 Å². The van der Waals surface area contributed by atoms with Crippen LogP contribution in [0.2, 0.25) is 0 Å². The number of aromatic nitrogens is 1. The van der Waals surface area contributed by atoms with Crippen molar-refractivity contribution in [3.63, 3.8) is 0 Å². The average Bonchev–Trinajstić information content (AvgIpc) is 2.30. The molecule has 0 atom stereocenters. The number of nitrogens with zero attached hydrogens (tertiary/aromatic N) is 1. The number of rotatable bonds is 4. The van der Waals surface area contributed by atoms with Gasteiger partial charge in [0.2, 0.25) is 0 Å². The van der Waals surface area contributed by atoms with E-state index in [1.165, 1.54) is 0 Å². The maximum atomic E-state index is 12.0. The summed E-state index contributed by atoms with van der Waals surface area (Å²) in [5, 5.41) is 3.25. The van der Waals surface area contributed by atoms with E-state index in [1.807, 2.05) is 6.07 Å². The molecule has 0 radical (unpaired) electrons. The van der Waals surface area contributed by atoms with Gasteiger partial charge in [-0.15, -0.1) is 12.4 Å². The van der Waals surface area contributed by atoms with E-state index in [9.17, 15) is 8.42 Å². The van der Waals surface area contributed by atoms with Crippen molar-refractivity contribution in [1.82, 2.24) is 10.3 Å². The molecule has 0 saturated carbocycles. The summed E-state index contributed by atoms with van der Waals surface area (Å²) in [5.74, 6) is 0.742. The number of hydrogen-bond donors (Lipinski definition) is 1. The number of hydrogen-bond acceptors (Lipinski definition) is 4. The monoisotopic (exact) mass is 290 g/mol. The zero-order chi connectivity index (χ0) is 12.1. The molecule has 0 unspecified atom stereocenters. The topological polar surface area (TPSA) is 59.1 Å². The lowest BCUT2D eigenvalue weighted by Gasteiger charge is -2.22. The molecular formula is C12H19ClN2O2S. The van der Waals surface area contributed by atoms with E-state index in [0.717, 1.165) is 31.5 Å². The predicted octanol–water partition coefficient (Wildman–Crippen LogP) is 1.42. The van der Waals surface area contributed by atoms with Gasteiger partial charge in [0.15, 0.2) is 9.84 Å². The summed E-state index contributed by atoms with van der Waals surface area (Å²) >= 11 is 0. The third kappa shape index (κ3) is 4.92. The van der Waals surface area contributed by atoms with Gasteiger partial charge in [0.1, 0.15) is 0 Å². The van der Waals surface area contributed by atoms with Crippen molar-refractivity contribution in [2.45, 2.75) is 18.6 Å². The summed E-state index contributed by atoms with van der Waals surface area (Å²) in [4.78, 5) is 3.94. The lowest BCUT2D eigenvalue weighted by molar-refractivity contribution is 0.401. The van der Waals surface area contributed by atoms with Crippen LogP contribution in [0.1, 0.15) is 18.4 Å². The molecule has 0 spiro atoms. The van der Waals surface area contributed by atoms with Crippen LogP contribution in [-0.4, -0.2) is 32.2 Å². The second kappa shape index (κ2) is 7.07. The van der Waals surface area contributed by atoms with Crippen LogP contribution in [0.25, 0.3) is 0 Å². The first-order valence-electron chi connectivity index (χ1n) is 5.96. The van der Waals surface area contributed by atoms with E-state index in [1.54, 1.807) is 18.5 Å². The molecule has 4 nitrogen and oxygen atoms in total. The minimum atomic E-state index is -3.00. The molecule has 1 fully saturated rings. The second-order valence-electron chi connectivity index (χ2n) is 4.61. The maximum Gasteiger partial charge on any atom is 0.154 e. The summed E-state index contributed by atoms with van der Waals surface area (Å²) in [5.41, 5.74) is 0.779. The smallest absolute Gasteiger partial charge is 0.154 e. The lowest BCUT2D eigenvalue weighted by atomic mass is 10.0. The first-order valence-corrected chi connectivity index (χ1v) is 7.78. The highest BCUT2D eigenvalue weighted by Crippen LogP contribution is 2.16. The molecule has 2 rings (SSSR count). The van der Waals surface area contributed by atoms with Gasteiger partial charge >= 0.3 is 0 Å². The Kier molecular flexibility index (Phi) is 6.05. The normalized spacial score (nSPS) is 17.1. The van der Waals surface area contributed by atoms with Crippen LogP contribution in [0.15, 0.2) is 24.5 Å². The number of sulfone groups is 1. The van der Waals surface area contributed by atoms with Gasteiger partial charge < -0.3 is 5.32 Å². The Morgan fingerprint density at radius 1 is 1.33 bits per heavy atom. The van der Waals surface area contributed by atoms with Gasteiger partial charge in [0, 0.05) is 12.4 Å². The Bertz CT molecular complexity index is 444. The first-order chi connectivity index (χ1) is 8.16. The average molecular weight is 291 g/mol. The Balaban J connectivity index is 0.00000162. The molecule has 1 aromatic heterocycles. The number of piperidine rings is 1. The number of pyridine rings is 1. The molecule has 0 aliphatic carbocycles. The highest BCUT2D eigenvalue weighted by molar-refractivity contribution is 7.90. The zero-order valence-corrected chi connectivity index (χ0v) is 11.8. The van der Waals surface area contributed by atoms with Crippen molar-refractivity contribution < 1.29 is 8.42 Å². The SMILES string of the molecule is Cl.O=S(=O)(Cc1cccnc1)CC1CCNCC1. The molecule has 1 aromatic rings. The van der Waals surface area contributed by atoms with E-state index in [2.05, 4.69) is 10.3 Å². The van der Waals surface area contributed by atoms with E-state index < -0.39 is 9.84 Å². The fraction of sp³-hybridized carbons (Fsp3) is 0.583. The molecule has 1 N–H and O–H groups in total. The maximum absolute atomic E-state index is 12.0. The van der Waals surface area contributed by atoms with Crippen molar-refractivity contribution in [2.75, 3.05) is 18.8 Å². The van der Waals surface area contributed by atoms with Crippen molar-refractivity contribution >= 4 is 22.2 Å². The molecule has 1 aliphatic heterocycles. The van der Waals surface area contributed by atoms with Crippen molar-refractivity contribution in [1.29, 1.82) is 0 Å². The lowest BCUT2D eigenvalue weighted by Crippen LogP contribution is -2.31. The highest BCUT2D eigenvalue weighted by atomic mass is 35.5. The van der Waals surface area contributed by atoms with Gasteiger partial charge in [-0.1, -0.05) is 6.07 Å². The van der Waals surface area contributed by atoms with E-state index in [0.29, 0.717) is 11.7 Å². The molecule has 6 heteroatoms. The molecule has 0 amide bonds. The largest absolute Gasteiger partial charge is 0.317 e. The van der Waals surface area contributed by atoms with Gasteiger partial charge in [0.05, 0.1) is 11.5 Å². The summed E-state index contributed by atoms with van der Waals surface area (Å²) in [7, 11) is -3.00. The standard InChI is InChI=1S/C12H18N2O2S.ClH/c15-17(16,9-11-3-6-13-7-4-11)10-12-2-1-5-14-8-12;/h1-2,5,8,11,13H,3-4,6-7,9-10H2;1H. The third-order valence-electron chi connectivity index (χ3n) is 3.06. The fourth-order valence-electron chi connectivity index (χ4n) is 2.20. The van der Waals surface area contributed by atoms with Crippen LogP contribution in [-0.2, 0) is 15.6 Å². The Morgan fingerprint density at radius 2 is 2.06 bits per heavy atom. The van der Waals surface area contributed by atoms with Gasteiger partial charge in [-0.2, -0.15) is 0 Å². The summed E-state index contributed by atoms with van der Waals surface area (Å²) in [6, 6.07) is 3.59. The van der Waals surface area contributed by atoms with Gasteiger partial charge in [-0.05, 0) is 43.5 Å². The van der Waals surface area contributed by atoms with Gasteiger partial charge in [0.25, 0.3) is 0 Å². The first kappa shape index (κ1) is 15.4. The van der Waals surface area contributed by atoms with Crippen molar-refractivity contribution in [3.8, 4) is 0 Å². The Morgan fingerprint density at radius 3 is 2.67 bits per heavy atom. The van der Waals surface area contributed by atoms with Crippen LogP contribution in [0.5, 0.6) is 0 Å². The van der Waals surface area contributed by atoms with Crippen molar-refractivity contribution in [3.05, 3.63) is 30.1 Å². The number of halogens is 1. The minimum Gasteiger partial charge on any atom is -0.317 e. The summed E-state index contributed by atoms with van der Waals surface area (Å²) < 4.78 is 24.0. The van der Waals surface area contributed by atoms with E-state index in [4.69, 9.17) is 0 Å². The molecule has 18 heavy (non-hydrogen) atoms. The van der Waals surface area contributed by atoms with Crippen LogP contribution in [0.3, 0.4) is 0 Å². The van der Waals surface area contributed by atoms with Crippen LogP contribution >= 0.6 is 12.4 Å². The minimum absolute atomic E-state index is 0. The van der Waals surface area contributed by atoms with Crippen molar-refractivity contribution in [2.24, 2.45) is 5.92 Å². The number of nitrogens with one attached hydrogen (secondary N) is 1. The molecule has 0 bridgehead atoms. The Hall–Kier alpha value is -0.650. The second-order valence-corrected chi connectivity index (χ2v) is 6.72. The highest BCUT2D eigenvalue weighted by Gasteiger charge is 2.21. The molecular weight excluding hydrogens is 272 g/mol. The van der Waals surface area contributed by atoms with E-state index >= 15 is 0 Å². The molecule has 0 aromatic carbocycles. The van der Waals surface area contributed by atoms with Crippen LogP contribution < -0.4 is 5.32 Å². The van der Waals surface area contributed by atoms with Crippen LogP contribution in [0.4, 0.5) is 0 Å². The molecule has 2 heterocycles. The summed E-state index contributed by atoms with van der Waals surface area (Å²) in [6.07, 6.45) is 5.21. The zero-order valence-electron chi connectivity index (χ0n) is 10.2. The summed E-state index contributed by atoms with van der Waals surface area (Å²) in [6.45, 7) is 1.88.